The molecule has 2 heterocycles. The summed E-state index contributed by atoms with van der Waals surface area (Å²) in [4.78, 5) is 24.7. The molecule has 2 aromatic carbocycles. The number of hydrogen-bond acceptors (Lipinski definition) is 7. The second-order valence-electron chi connectivity index (χ2n) is 7.10. The van der Waals surface area contributed by atoms with Gasteiger partial charge >= 0.3 is 0 Å². The Morgan fingerprint density at radius 1 is 1.16 bits per heavy atom. The zero-order chi connectivity index (χ0) is 22.0. The van der Waals surface area contributed by atoms with Crippen molar-refractivity contribution in [2.24, 2.45) is 0 Å². The van der Waals surface area contributed by atoms with Gasteiger partial charge in [0.1, 0.15) is 23.3 Å². The molecule has 0 aliphatic carbocycles. The van der Waals surface area contributed by atoms with Crippen LogP contribution in [-0.2, 0) is 14.6 Å². The molecule has 1 saturated heterocycles. The van der Waals surface area contributed by atoms with Gasteiger partial charge in [0.2, 0.25) is 11.2 Å². The second-order valence-corrected chi connectivity index (χ2v) is 9.76. The molecule has 1 amide bonds. The molecule has 0 radical (unpaired) electrons. The number of hydrogen-bond donors (Lipinski definition) is 1. The number of carbonyl (C=O) groups is 1. The summed E-state index contributed by atoms with van der Waals surface area (Å²) in [5.41, 5.74) is -0.0869. The lowest BCUT2D eigenvalue weighted by molar-refractivity contribution is -0.123. The van der Waals surface area contributed by atoms with Crippen molar-refractivity contribution in [2.75, 3.05) is 18.1 Å². The van der Waals surface area contributed by atoms with Crippen LogP contribution in [0.3, 0.4) is 0 Å². The van der Waals surface area contributed by atoms with Gasteiger partial charge in [0.05, 0.1) is 16.9 Å². The van der Waals surface area contributed by atoms with Gasteiger partial charge in [-0.2, -0.15) is 0 Å². The Balaban J connectivity index is 1.42. The molecule has 0 saturated carbocycles. The van der Waals surface area contributed by atoms with Crippen LogP contribution in [0.5, 0.6) is 17.2 Å². The van der Waals surface area contributed by atoms with E-state index in [9.17, 15) is 18.0 Å². The number of rotatable bonds is 6. The molecule has 4 rings (SSSR count). The van der Waals surface area contributed by atoms with Crippen LogP contribution >= 0.6 is 11.6 Å². The van der Waals surface area contributed by atoms with Crippen LogP contribution in [0.1, 0.15) is 6.42 Å². The molecule has 0 spiro atoms. The Kier molecular flexibility index (Phi) is 5.88. The molecule has 1 fully saturated rings. The molecule has 0 bridgehead atoms. The van der Waals surface area contributed by atoms with Gasteiger partial charge in [0.25, 0.3) is 5.91 Å². The van der Waals surface area contributed by atoms with Crippen LogP contribution < -0.4 is 20.2 Å². The molecule has 31 heavy (non-hydrogen) atoms. The van der Waals surface area contributed by atoms with Gasteiger partial charge < -0.3 is 19.2 Å². The van der Waals surface area contributed by atoms with Crippen LogP contribution in [-0.4, -0.2) is 38.5 Å². The van der Waals surface area contributed by atoms with Gasteiger partial charge in [-0.25, -0.2) is 8.42 Å². The van der Waals surface area contributed by atoms with Gasteiger partial charge in [-0.05, 0) is 42.8 Å². The first-order chi connectivity index (χ1) is 14.8. The summed E-state index contributed by atoms with van der Waals surface area (Å²) in [7, 11) is -3.08. The molecule has 1 aliphatic heterocycles. The molecule has 1 aromatic heterocycles. The highest BCUT2D eigenvalue weighted by Crippen LogP contribution is 2.25. The molecule has 162 valence electrons. The monoisotopic (exact) mass is 463 g/mol. The van der Waals surface area contributed by atoms with Crippen molar-refractivity contribution in [1.29, 1.82) is 0 Å². The normalized spacial score (nSPS) is 17.4. The van der Waals surface area contributed by atoms with E-state index in [4.69, 9.17) is 25.5 Å². The summed E-state index contributed by atoms with van der Waals surface area (Å²) in [5.74, 6) is 0.394. The predicted molar refractivity (Wildman–Crippen MR) is 115 cm³/mol. The topological polar surface area (TPSA) is 112 Å². The van der Waals surface area contributed by atoms with E-state index >= 15 is 0 Å². The molecule has 1 aliphatic rings. The van der Waals surface area contributed by atoms with Crippen LogP contribution in [0, 0.1) is 0 Å². The third-order valence-electron chi connectivity index (χ3n) is 4.72. The van der Waals surface area contributed by atoms with E-state index in [1.54, 1.807) is 30.3 Å². The Bertz CT molecular complexity index is 1290. The molecule has 8 nitrogen and oxygen atoms in total. The largest absolute Gasteiger partial charge is 0.484 e. The second kappa shape index (κ2) is 8.60. The number of amides is 1. The SMILES string of the molecule is O=C(COc1ccc2c(=O)c(Oc3ccc(Cl)cc3)coc2c1)N[C@H]1CCS(=O)(=O)C1. The molecule has 1 atom stereocenters. The maximum atomic E-state index is 12.7. The van der Waals surface area contributed by atoms with Gasteiger partial charge in [-0.1, -0.05) is 11.6 Å². The lowest BCUT2D eigenvalue weighted by Gasteiger charge is -2.12. The van der Waals surface area contributed by atoms with E-state index in [0.717, 1.165) is 0 Å². The highest BCUT2D eigenvalue weighted by molar-refractivity contribution is 7.91. The van der Waals surface area contributed by atoms with Gasteiger partial charge in [-0.3, -0.25) is 9.59 Å². The van der Waals surface area contributed by atoms with Crippen molar-refractivity contribution >= 4 is 38.3 Å². The van der Waals surface area contributed by atoms with Gasteiger partial charge in [0.15, 0.2) is 16.4 Å². The van der Waals surface area contributed by atoms with Crippen LogP contribution in [0.15, 0.2) is 57.9 Å². The van der Waals surface area contributed by atoms with Crippen molar-refractivity contribution in [3.05, 3.63) is 64.0 Å². The lowest BCUT2D eigenvalue weighted by Crippen LogP contribution is -2.38. The number of benzene rings is 2. The summed E-state index contributed by atoms with van der Waals surface area (Å²) in [5, 5.41) is 3.48. The van der Waals surface area contributed by atoms with Crippen molar-refractivity contribution < 1.29 is 27.1 Å². The van der Waals surface area contributed by atoms with Gasteiger partial charge in [0, 0.05) is 17.1 Å². The highest BCUT2D eigenvalue weighted by Gasteiger charge is 2.28. The summed E-state index contributed by atoms with van der Waals surface area (Å²) in [6.07, 6.45) is 1.60. The Hall–Kier alpha value is -3.04. The van der Waals surface area contributed by atoms with E-state index < -0.39 is 21.8 Å². The maximum Gasteiger partial charge on any atom is 0.258 e. The molecular formula is C21H18ClNO7S. The summed E-state index contributed by atoms with van der Waals surface area (Å²) in [6.45, 7) is -0.288. The van der Waals surface area contributed by atoms with Crippen LogP contribution in [0.2, 0.25) is 5.02 Å². The molecule has 3 aromatic rings. The van der Waals surface area contributed by atoms with Crippen LogP contribution in [0.25, 0.3) is 11.0 Å². The third kappa shape index (κ3) is 5.18. The first-order valence-electron chi connectivity index (χ1n) is 9.41. The minimum absolute atomic E-state index is 0.0226. The quantitative estimate of drug-likeness (QED) is 0.598. The lowest BCUT2D eigenvalue weighted by atomic mass is 10.2. The van der Waals surface area contributed by atoms with Gasteiger partial charge in [-0.15, -0.1) is 0 Å². The fourth-order valence-corrected chi connectivity index (χ4v) is 5.01. The number of nitrogens with one attached hydrogen (secondary N) is 1. The van der Waals surface area contributed by atoms with Crippen molar-refractivity contribution in [2.45, 2.75) is 12.5 Å². The molecular weight excluding hydrogens is 446 g/mol. The highest BCUT2D eigenvalue weighted by atomic mass is 35.5. The molecule has 10 heteroatoms. The smallest absolute Gasteiger partial charge is 0.258 e. The van der Waals surface area contributed by atoms with E-state index in [-0.39, 0.29) is 34.9 Å². The minimum Gasteiger partial charge on any atom is -0.484 e. The van der Waals surface area contributed by atoms with E-state index in [0.29, 0.717) is 28.3 Å². The fraction of sp³-hybridized carbons (Fsp3) is 0.238. The maximum absolute atomic E-state index is 12.7. The number of sulfone groups is 1. The standard InChI is InChI=1S/C21H18ClNO7S/c22-13-1-3-15(4-2-13)30-19-10-29-18-9-16(5-6-17(18)21(19)25)28-11-20(24)23-14-7-8-31(26,27)12-14/h1-6,9-10,14H,7-8,11-12H2,(H,23,24)/t14-/m0/s1. The zero-order valence-electron chi connectivity index (χ0n) is 16.2. The first kappa shape index (κ1) is 21.2. The van der Waals surface area contributed by atoms with Crippen molar-refractivity contribution in [1.82, 2.24) is 5.32 Å². The number of carbonyl (C=O) groups excluding carboxylic acids is 1. The van der Waals surface area contributed by atoms with Crippen LogP contribution in [0.4, 0.5) is 0 Å². The van der Waals surface area contributed by atoms with Crippen molar-refractivity contribution in [3.8, 4) is 17.2 Å². The number of halogens is 1. The average Bonchev–Trinajstić information content (AvgIpc) is 3.08. The number of ether oxygens (including phenoxy) is 2. The predicted octanol–water partition coefficient (Wildman–Crippen LogP) is 2.92. The Morgan fingerprint density at radius 3 is 2.61 bits per heavy atom. The Labute approximate surface area is 182 Å². The van der Waals surface area contributed by atoms with E-state index in [1.165, 1.54) is 18.4 Å². The molecule has 0 unspecified atom stereocenters. The summed E-state index contributed by atoms with van der Waals surface area (Å²) >= 11 is 5.84. The van der Waals surface area contributed by atoms with E-state index in [1.807, 2.05) is 0 Å². The minimum atomic E-state index is -3.08. The first-order valence-corrected chi connectivity index (χ1v) is 11.6. The Morgan fingerprint density at radius 2 is 1.90 bits per heavy atom. The summed E-state index contributed by atoms with van der Waals surface area (Å²) < 4.78 is 39.4. The van der Waals surface area contributed by atoms with E-state index in [2.05, 4.69) is 5.32 Å². The fourth-order valence-electron chi connectivity index (χ4n) is 3.21. The van der Waals surface area contributed by atoms with Crippen molar-refractivity contribution in [3.63, 3.8) is 0 Å². The summed E-state index contributed by atoms with van der Waals surface area (Å²) in [6, 6.07) is 10.7. The molecule has 1 N–H and O–H groups in total. The average molecular weight is 464 g/mol. The number of fused-ring (bicyclic) bond motifs is 1. The zero-order valence-corrected chi connectivity index (χ0v) is 17.7. The third-order valence-corrected chi connectivity index (χ3v) is 6.74.